The Hall–Kier alpha value is -3.43. The van der Waals surface area contributed by atoms with Crippen molar-refractivity contribution in [2.75, 3.05) is 13.6 Å². The first-order valence-corrected chi connectivity index (χ1v) is 7.92. The van der Waals surface area contributed by atoms with Crippen molar-refractivity contribution >= 4 is 17.7 Å². The molecular weight excluding hydrogens is 382 g/mol. The number of halogens is 4. The molecule has 0 bridgehead atoms. The van der Waals surface area contributed by atoms with Gasteiger partial charge in [0.15, 0.2) is 11.6 Å². The summed E-state index contributed by atoms with van der Waals surface area (Å²) in [7, 11) is 1.28. The van der Waals surface area contributed by atoms with E-state index in [2.05, 4.69) is 16.0 Å². The molecule has 148 valence electrons. The number of carbonyl (C=O) groups excluding carboxylic acids is 3. The van der Waals surface area contributed by atoms with Crippen LogP contribution >= 0.6 is 0 Å². The zero-order chi connectivity index (χ0) is 20.8. The van der Waals surface area contributed by atoms with Crippen LogP contribution in [0.5, 0.6) is 0 Å². The first-order valence-electron chi connectivity index (χ1n) is 7.92. The van der Waals surface area contributed by atoms with Gasteiger partial charge in [-0.25, -0.2) is 17.6 Å². The van der Waals surface area contributed by atoms with E-state index in [4.69, 9.17) is 0 Å². The third-order valence-corrected chi connectivity index (χ3v) is 3.68. The van der Waals surface area contributed by atoms with E-state index in [0.717, 1.165) is 30.3 Å². The number of carbonyl (C=O) groups is 3. The monoisotopic (exact) mass is 397 g/mol. The van der Waals surface area contributed by atoms with Crippen LogP contribution in [0.15, 0.2) is 36.4 Å². The molecule has 0 fully saturated rings. The van der Waals surface area contributed by atoms with Crippen molar-refractivity contribution in [3.63, 3.8) is 0 Å². The van der Waals surface area contributed by atoms with E-state index in [9.17, 15) is 31.9 Å². The third-order valence-electron chi connectivity index (χ3n) is 3.68. The van der Waals surface area contributed by atoms with Crippen molar-refractivity contribution < 1.29 is 31.9 Å². The summed E-state index contributed by atoms with van der Waals surface area (Å²) in [6, 6.07) is 3.61. The number of benzene rings is 2. The molecular formula is C18H15F4N3O3. The van der Waals surface area contributed by atoms with Gasteiger partial charge in [0.1, 0.15) is 17.7 Å². The van der Waals surface area contributed by atoms with Crippen LogP contribution in [0.2, 0.25) is 0 Å². The molecule has 10 heteroatoms. The summed E-state index contributed by atoms with van der Waals surface area (Å²) in [5, 5.41) is 6.63. The van der Waals surface area contributed by atoms with Gasteiger partial charge in [0.2, 0.25) is 11.8 Å². The van der Waals surface area contributed by atoms with Gasteiger partial charge in [0.25, 0.3) is 5.91 Å². The summed E-state index contributed by atoms with van der Waals surface area (Å²) < 4.78 is 52.9. The summed E-state index contributed by atoms with van der Waals surface area (Å²) in [5.41, 5.74) is -0.500. The molecule has 1 atom stereocenters. The van der Waals surface area contributed by atoms with Crippen LogP contribution in [0.4, 0.5) is 17.6 Å². The summed E-state index contributed by atoms with van der Waals surface area (Å²) in [6.45, 7) is -0.646. The van der Waals surface area contributed by atoms with E-state index in [0.29, 0.717) is 6.07 Å². The molecule has 3 N–H and O–H groups in total. The van der Waals surface area contributed by atoms with Crippen LogP contribution in [-0.2, 0) is 9.59 Å². The standard InChI is InChI=1S/C18H15F4N3O3/c1-23-18(28)16(9-2-5-12(20)14(22)6-9)25-15(26)8-24-17(27)11-4-3-10(19)7-13(11)21/h2-7,16H,8H2,1H3,(H,23,28)(H,24,27)(H,25,26). The smallest absolute Gasteiger partial charge is 0.254 e. The second-order valence-corrected chi connectivity index (χ2v) is 5.60. The average molecular weight is 397 g/mol. The van der Waals surface area contributed by atoms with Gasteiger partial charge in [0.05, 0.1) is 12.1 Å². The quantitative estimate of drug-likeness (QED) is 0.647. The zero-order valence-corrected chi connectivity index (χ0v) is 14.5. The molecule has 0 radical (unpaired) electrons. The Kier molecular flexibility index (Phi) is 6.69. The Morgan fingerprint density at radius 1 is 0.929 bits per heavy atom. The van der Waals surface area contributed by atoms with Crippen LogP contribution in [0.1, 0.15) is 22.0 Å². The number of likely N-dealkylation sites (N-methyl/N-ethyl adjacent to an activating group) is 1. The van der Waals surface area contributed by atoms with Gasteiger partial charge >= 0.3 is 0 Å². The second kappa shape index (κ2) is 8.98. The minimum Gasteiger partial charge on any atom is -0.357 e. The van der Waals surface area contributed by atoms with Gasteiger partial charge in [-0.2, -0.15) is 0 Å². The van der Waals surface area contributed by atoms with Crippen molar-refractivity contribution in [2.24, 2.45) is 0 Å². The van der Waals surface area contributed by atoms with Gasteiger partial charge < -0.3 is 16.0 Å². The predicted octanol–water partition coefficient (Wildman–Crippen LogP) is 1.58. The molecule has 0 saturated carbocycles. The lowest BCUT2D eigenvalue weighted by Crippen LogP contribution is -2.43. The van der Waals surface area contributed by atoms with Crippen molar-refractivity contribution in [3.05, 3.63) is 70.8 Å². The first-order chi connectivity index (χ1) is 13.2. The topological polar surface area (TPSA) is 87.3 Å². The minimum absolute atomic E-state index is 0.0255. The highest BCUT2D eigenvalue weighted by molar-refractivity contribution is 5.97. The maximum Gasteiger partial charge on any atom is 0.254 e. The lowest BCUT2D eigenvalue weighted by atomic mass is 10.1. The molecule has 0 aliphatic carbocycles. The van der Waals surface area contributed by atoms with Crippen LogP contribution in [-0.4, -0.2) is 31.3 Å². The molecule has 28 heavy (non-hydrogen) atoms. The van der Waals surface area contributed by atoms with Gasteiger partial charge in [-0.05, 0) is 29.8 Å². The highest BCUT2D eigenvalue weighted by Crippen LogP contribution is 2.17. The summed E-state index contributed by atoms with van der Waals surface area (Å²) in [5.74, 6) is -6.85. The second-order valence-electron chi connectivity index (χ2n) is 5.60. The van der Waals surface area contributed by atoms with E-state index >= 15 is 0 Å². The van der Waals surface area contributed by atoms with Crippen LogP contribution in [0.25, 0.3) is 0 Å². The third kappa shape index (κ3) is 5.06. The van der Waals surface area contributed by atoms with Crippen molar-refractivity contribution in [1.29, 1.82) is 0 Å². The molecule has 0 aliphatic heterocycles. The van der Waals surface area contributed by atoms with E-state index in [-0.39, 0.29) is 5.56 Å². The summed E-state index contributed by atoms with van der Waals surface area (Å²) in [4.78, 5) is 35.9. The number of nitrogens with one attached hydrogen (secondary N) is 3. The zero-order valence-electron chi connectivity index (χ0n) is 14.5. The molecule has 2 aromatic carbocycles. The van der Waals surface area contributed by atoms with Crippen molar-refractivity contribution in [1.82, 2.24) is 16.0 Å². The van der Waals surface area contributed by atoms with Crippen LogP contribution in [0.3, 0.4) is 0 Å². The molecule has 0 saturated heterocycles. The van der Waals surface area contributed by atoms with Gasteiger partial charge in [0, 0.05) is 13.1 Å². The number of amides is 3. The van der Waals surface area contributed by atoms with Crippen molar-refractivity contribution in [3.8, 4) is 0 Å². The Balaban J connectivity index is 2.06. The van der Waals surface area contributed by atoms with E-state index < -0.39 is 59.1 Å². The fraction of sp³-hybridized carbons (Fsp3) is 0.167. The van der Waals surface area contributed by atoms with Gasteiger partial charge in [-0.3, -0.25) is 14.4 Å². The average Bonchev–Trinajstić information content (AvgIpc) is 2.66. The molecule has 2 rings (SSSR count). The molecule has 0 aromatic heterocycles. The highest BCUT2D eigenvalue weighted by atomic mass is 19.2. The summed E-state index contributed by atoms with van der Waals surface area (Å²) in [6.07, 6.45) is 0. The Bertz CT molecular complexity index is 921. The Morgan fingerprint density at radius 2 is 1.64 bits per heavy atom. The van der Waals surface area contributed by atoms with Gasteiger partial charge in [-0.15, -0.1) is 0 Å². The maximum atomic E-state index is 13.6. The Labute approximate surface area is 156 Å². The Morgan fingerprint density at radius 3 is 2.25 bits per heavy atom. The van der Waals surface area contributed by atoms with Crippen LogP contribution < -0.4 is 16.0 Å². The fourth-order valence-electron chi connectivity index (χ4n) is 2.28. The minimum atomic E-state index is -1.35. The normalized spacial score (nSPS) is 11.5. The summed E-state index contributed by atoms with van der Waals surface area (Å²) >= 11 is 0. The SMILES string of the molecule is CNC(=O)C(NC(=O)CNC(=O)c1ccc(F)cc1F)c1ccc(F)c(F)c1. The van der Waals surface area contributed by atoms with Gasteiger partial charge in [-0.1, -0.05) is 6.07 Å². The lowest BCUT2D eigenvalue weighted by Gasteiger charge is -2.18. The van der Waals surface area contributed by atoms with Crippen LogP contribution in [0, 0.1) is 23.3 Å². The van der Waals surface area contributed by atoms with E-state index in [1.165, 1.54) is 7.05 Å². The lowest BCUT2D eigenvalue weighted by molar-refractivity contribution is -0.128. The molecule has 6 nitrogen and oxygen atoms in total. The van der Waals surface area contributed by atoms with E-state index in [1.54, 1.807) is 0 Å². The number of hydrogen-bond donors (Lipinski definition) is 3. The molecule has 2 aromatic rings. The molecule has 0 heterocycles. The number of hydrogen-bond acceptors (Lipinski definition) is 3. The predicted molar refractivity (Wildman–Crippen MR) is 90.0 cm³/mol. The maximum absolute atomic E-state index is 13.6. The number of rotatable bonds is 6. The molecule has 0 aliphatic rings. The first kappa shape index (κ1) is 20.9. The largest absolute Gasteiger partial charge is 0.357 e. The fourth-order valence-corrected chi connectivity index (χ4v) is 2.28. The van der Waals surface area contributed by atoms with E-state index in [1.807, 2.05) is 0 Å². The molecule has 1 unspecified atom stereocenters. The molecule has 0 spiro atoms. The highest BCUT2D eigenvalue weighted by Gasteiger charge is 2.23. The molecule has 3 amide bonds. The van der Waals surface area contributed by atoms with Crippen molar-refractivity contribution in [2.45, 2.75) is 6.04 Å².